The first-order chi connectivity index (χ1) is 17.1. The summed E-state index contributed by atoms with van der Waals surface area (Å²) in [6.45, 7) is 10.6. The molecule has 0 fully saturated rings. The van der Waals surface area contributed by atoms with Gasteiger partial charge in [0.1, 0.15) is 5.60 Å². The van der Waals surface area contributed by atoms with Crippen molar-refractivity contribution in [3.8, 4) is 0 Å². The summed E-state index contributed by atoms with van der Waals surface area (Å²) in [7, 11) is 2.02. The Morgan fingerprint density at radius 3 is 2.31 bits per heavy atom. The Balaban J connectivity index is 3.51. The molecular weight excluding hydrogens is 454 g/mol. The Labute approximate surface area is 221 Å². The molecule has 0 aromatic heterocycles. The van der Waals surface area contributed by atoms with Gasteiger partial charge in [-0.25, -0.2) is 4.79 Å². The molecule has 0 aliphatic carbocycles. The number of rotatable bonds is 22. The lowest BCUT2D eigenvalue weighted by molar-refractivity contribution is -0.121. The molecule has 0 aliphatic rings. The number of hydrogen-bond donors (Lipinski definition) is 3. The van der Waals surface area contributed by atoms with Crippen molar-refractivity contribution in [3.05, 3.63) is 12.2 Å². The summed E-state index contributed by atoms with van der Waals surface area (Å²) in [4.78, 5) is 25.8. The fourth-order valence-corrected chi connectivity index (χ4v) is 3.81. The van der Waals surface area contributed by atoms with Crippen LogP contribution in [0.5, 0.6) is 0 Å². The van der Waals surface area contributed by atoms with Crippen LogP contribution in [0.15, 0.2) is 12.2 Å². The maximum absolute atomic E-state index is 12.0. The molecule has 0 rings (SSSR count). The Morgan fingerprint density at radius 1 is 0.889 bits per heavy atom. The zero-order valence-corrected chi connectivity index (χ0v) is 24.1. The highest BCUT2D eigenvalue weighted by Crippen LogP contribution is 2.10. The van der Waals surface area contributed by atoms with Gasteiger partial charge >= 0.3 is 6.09 Å². The van der Waals surface area contributed by atoms with Crippen molar-refractivity contribution in [2.24, 2.45) is 0 Å². The molecule has 0 aromatic rings. The molecule has 0 aromatic carbocycles. The second-order valence-electron chi connectivity index (χ2n) is 11.0. The molecule has 36 heavy (non-hydrogen) atoms. The topological polar surface area (TPSA) is 90.9 Å². The van der Waals surface area contributed by atoms with Crippen LogP contribution in [0.1, 0.15) is 118 Å². The number of allylic oxidation sites excluding steroid dienone is 1. The minimum absolute atomic E-state index is 0.131. The molecule has 0 radical (unpaired) electrons. The number of unbranched alkanes of at least 4 members (excludes halogenated alkanes) is 8. The molecule has 2 amide bonds. The van der Waals surface area contributed by atoms with Crippen molar-refractivity contribution in [2.45, 2.75) is 129 Å². The van der Waals surface area contributed by atoms with E-state index in [-0.39, 0.29) is 18.1 Å². The van der Waals surface area contributed by atoms with Gasteiger partial charge in [0.25, 0.3) is 0 Å². The highest BCUT2D eigenvalue weighted by Gasteiger charge is 2.15. The molecule has 0 saturated carbocycles. The van der Waals surface area contributed by atoms with E-state index >= 15 is 0 Å². The van der Waals surface area contributed by atoms with E-state index in [1.165, 1.54) is 38.5 Å². The van der Waals surface area contributed by atoms with Crippen molar-refractivity contribution in [2.75, 3.05) is 33.2 Å². The van der Waals surface area contributed by atoms with E-state index in [0.29, 0.717) is 19.5 Å². The SMILES string of the molecule is CCCCCCC(O)C/C=C\CCCCCCCC(=O)NCCN(C)CCCNC(=O)OC(C)(C)C. The van der Waals surface area contributed by atoms with Gasteiger partial charge in [-0.1, -0.05) is 64.0 Å². The third-order valence-electron chi connectivity index (χ3n) is 5.94. The largest absolute Gasteiger partial charge is 0.444 e. The molecule has 0 spiro atoms. The highest BCUT2D eigenvalue weighted by atomic mass is 16.6. The van der Waals surface area contributed by atoms with Crippen LogP contribution < -0.4 is 10.6 Å². The second kappa shape index (κ2) is 22.6. The number of carbonyl (C=O) groups is 2. The number of ether oxygens (including phenoxy) is 1. The highest BCUT2D eigenvalue weighted by molar-refractivity contribution is 5.75. The standard InChI is InChI=1S/C29H57N3O4/c1-6-7-8-15-19-26(33)20-16-13-11-9-10-12-14-17-21-27(34)30-23-25-32(5)24-18-22-31-28(35)36-29(2,3)4/h13,16,26,33H,6-12,14-15,17-25H2,1-5H3,(H,30,34)(H,31,35)/b16-13-. The van der Waals surface area contributed by atoms with Gasteiger partial charge in [-0.2, -0.15) is 0 Å². The molecule has 7 heteroatoms. The quantitative estimate of drug-likeness (QED) is 0.123. The number of nitrogens with zero attached hydrogens (tertiary/aromatic N) is 1. The Bertz CT molecular complexity index is 575. The summed E-state index contributed by atoms with van der Waals surface area (Å²) < 4.78 is 5.21. The first-order valence-corrected chi connectivity index (χ1v) is 14.4. The Kier molecular flexibility index (Phi) is 21.6. The van der Waals surface area contributed by atoms with Gasteiger partial charge in [-0.15, -0.1) is 0 Å². The van der Waals surface area contributed by atoms with Gasteiger partial charge in [0, 0.05) is 26.1 Å². The summed E-state index contributed by atoms with van der Waals surface area (Å²) in [6, 6.07) is 0. The number of alkyl carbamates (subject to hydrolysis) is 1. The van der Waals surface area contributed by atoms with E-state index in [1.807, 2.05) is 27.8 Å². The van der Waals surface area contributed by atoms with Crippen LogP contribution >= 0.6 is 0 Å². The lowest BCUT2D eigenvalue weighted by Crippen LogP contribution is -2.36. The molecule has 1 atom stereocenters. The summed E-state index contributed by atoms with van der Waals surface area (Å²) in [5, 5.41) is 15.7. The average molecular weight is 512 g/mol. The van der Waals surface area contributed by atoms with Gasteiger partial charge in [-0.3, -0.25) is 4.79 Å². The van der Waals surface area contributed by atoms with E-state index in [2.05, 4.69) is 34.6 Å². The van der Waals surface area contributed by atoms with Crippen molar-refractivity contribution in [3.63, 3.8) is 0 Å². The van der Waals surface area contributed by atoms with E-state index in [9.17, 15) is 14.7 Å². The lowest BCUT2D eigenvalue weighted by atomic mass is 10.1. The average Bonchev–Trinajstić information content (AvgIpc) is 2.79. The normalized spacial score (nSPS) is 12.8. The third kappa shape index (κ3) is 25.5. The second-order valence-corrected chi connectivity index (χ2v) is 11.0. The van der Waals surface area contributed by atoms with E-state index in [4.69, 9.17) is 4.74 Å². The molecule has 1 unspecified atom stereocenters. The summed E-state index contributed by atoms with van der Waals surface area (Å²) >= 11 is 0. The van der Waals surface area contributed by atoms with Gasteiger partial charge in [-0.05, 0) is 72.9 Å². The minimum atomic E-state index is -0.477. The van der Waals surface area contributed by atoms with E-state index < -0.39 is 5.60 Å². The van der Waals surface area contributed by atoms with Crippen molar-refractivity contribution >= 4 is 12.0 Å². The van der Waals surface area contributed by atoms with Crippen LogP contribution in [-0.4, -0.2) is 66.9 Å². The molecule has 212 valence electrons. The molecular formula is C29H57N3O4. The Hall–Kier alpha value is -1.60. The molecule has 0 heterocycles. The fraction of sp³-hybridized carbons (Fsp3) is 0.862. The van der Waals surface area contributed by atoms with Gasteiger partial charge in [0.05, 0.1) is 6.10 Å². The van der Waals surface area contributed by atoms with Gasteiger partial charge in [0.15, 0.2) is 0 Å². The minimum Gasteiger partial charge on any atom is -0.444 e. The number of hydrogen-bond acceptors (Lipinski definition) is 5. The summed E-state index contributed by atoms with van der Waals surface area (Å²) in [5.41, 5.74) is -0.477. The lowest BCUT2D eigenvalue weighted by Gasteiger charge is -2.20. The van der Waals surface area contributed by atoms with Crippen LogP contribution in [0.3, 0.4) is 0 Å². The zero-order chi connectivity index (χ0) is 27.1. The molecule has 0 saturated heterocycles. The van der Waals surface area contributed by atoms with Crippen molar-refractivity contribution in [1.82, 2.24) is 15.5 Å². The van der Waals surface area contributed by atoms with Crippen LogP contribution in [0.25, 0.3) is 0 Å². The van der Waals surface area contributed by atoms with E-state index in [1.54, 1.807) is 0 Å². The van der Waals surface area contributed by atoms with Crippen molar-refractivity contribution < 1.29 is 19.4 Å². The molecule has 0 aliphatic heterocycles. The van der Waals surface area contributed by atoms with Gasteiger partial charge < -0.3 is 25.4 Å². The van der Waals surface area contributed by atoms with E-state index in [0.717, 1.165) is 58.0 Å². The first kappa shape index (κ1) is 34.4. The maximum Gasteiger partial charge on any atom is 0.407 e. The number of amides is 2. The van der Waals surface area contributed by atoms with Crippen LogP contribution in [0.4, 0.5) is 4.79 Å². The third-order valence-corrected chi connectivity index (χ3v) is 5.94. The molecule has 0 bridgehead atoms. The van der Waals surface area contributed by atoms with Crippen molar-refractivity contribution in [1.29, 1.82) is 0 Å². The summed E-state index contributed by atoms with van der Waals surface area (Å²) in [6.07, 6.45) is 18.4. The summed E-state index contributed by atoms with van der Waals surface area (Å²) in [5.74, 6) is 0.131. The number of nitrogens with one attached hydrogen (secondary N) is 2. The first-order valence-electron chi connectivity index (χ1n) is 14.4. The zero-order valence-electron chi connectivity index (χ0n) is 24.1. The number of aliphatic hydroxyl groups is 1. The molecule has 3 N–H and O–H groups in total. The fourth-order valence-electron chi connectivity index (χ4n) is 3.81. The predicted molar refractivity (Wildman–Crippen MR) is 150 cm³/mol. The van der Waals surface area contributed by atoms with Crippen LogP contribution in [-0.2, 0) is 9.53 Å². The number of aliphatic hydroxyl groups excluding tert-OH is 1. The molecule has 7 nitrogen and oxygen atoms in total. The van der Waals surface area contributed by atoms with Crippen LogP contribution in [0, 0.1) is 0 Å². The van der Waals surface area contributed by atoms with Crippen LogP contribution in [0.2, 0.25) is 0 Å². The smallest absolute Gasteiger partial charge is 0.407 e. The predicted octanol–water partition coefficient (Wildman–Crippen LogP) is 5.96. The van der Waals surface area contributed by atoms with Gasteiger partial charge in [0.2, 0.25) is 5.91 Å². The Morgan fingerprint density at radius 2 is 1.58 bits per heavy atom. The maximum atomic E-state index is 12.0. The monoisotopic (exact) mass is 511 g/mol. The number of carbonyl (C=O) groups excluding carboxylic acids is 2. The number of likely N-dealkylation sites (N-methyl/N-ethyl adjacent to an activating group) is 1.